The summed E-state index contributed by atoms with van der Waals surface area (Å²) in [6, 6.07) is 10.5. The Bertz CT molecular complexity index is 1130. The first-order chi connectivity index (χ1) is 16.7. The van der Waals surface area contributed by atoms with E-state index < -0.39 is 5.41 Å². The van der Waals surface area contributed by atoms with Crippen molar-refractivity contribution in [2.24, 2.45) is 16.1 Å². The fourth-order valence-electron chi connectivity index (χ4n) is 4.39. The molecule has 5 heteroatoms. The quantitative estimate of drug-likeness (QED) is 0.232. The van der Waals surface area contributed by atoms with Crippen molar-refractivity contribution in [1.29, 1.82) is 0 Å². The van der Waals surface area contributed by atoms with E-state index in [0.29, 0.717) is 19.4 Å². The number of halogens is 1. The summed E-state index contributed by atoms with van der Waals surface area (Å²) in [6.45, 7) is 9.10. The highest BCUT2D eigenvalue weighted by molar-refractivity contribution is 7.18. The molecule has 186 valence electrons. The lowest BCUT2D eigenvalue weighted by atomic mass is 9.75. The molecule has 1 aromatic carbocycles. The first kappa shape index (κ1) is 27.0. The number of pyridine rings is 1. The predicted octanol–water partition coefficient (Wildman–Crippen LogP) is 7.84. The summed E-state index contributed by atoms with van der Waals surface area (Å²) in [7, 11) is 2.37. The third-order valence-corrected chi connectivity index (χ3v) is 7.40. The Hall–Kier alpha value is -2.58. The molecule has 1 unspecified atom stereocenters. The van der Waals surface area contributed by atoms with Gasteiger partial charge in [-0.15, -0.1) is 0 Å². The van der Waals surface area contributed by atoms with E-state index in [9.17, 15) is 4.39 Å². The van der Waals surface area contributed by atoms with Gasteiger partial charge in [-0.3, -0.25) is 9.98 Å². The van der Waals surface area contributed by atoms with Crippen molar-refractivity contribution in [3.8, 4) is 11.3 Å². The van der Waals surface area contributed by atoms with Crippen LogP contribution in [0.15, 0.2) is 59.8 Å². The first-order valence-electron chi connectivity index (χ1n) is 12.5. The van der Waals surface area contributed by atoms with Gasteiger partial charge in [0.1, 0.15) is 5.41 Å². The zero-order chi connectivity index (χ0) is 25.5. The summed E-state index contributed by atoms with van der Waals surface area (Å²) in [5, 5.41) is -1.12. The largest absolute Gasteiger partial charge is 0.404 e. The molecule has 3 rings (SSSR count). The molecule has 0 aliphatic heterocycles. The van der Waals surface area contributed by atoms with Crippen LogP contribution < -0.4 is 5.73 Å². The minimum atomic E-state index is -1.12. The van der Waals surface area contributed by atoms with E-state index >= 15 is 0 Å². The standard InChI is InChI=1S/C30H39FN3P/c1-5-6-7-8-9-24-11-12-25(18-22(24)2)28-27(13-10-23(3)34-28)26(19-32)20-33-21-29(4)14-16-30(31,35)17-15-29/h6-13,18-20H,5,14-17,21,32,35H2,1-4H3/b7-6+,9-8-,26-19+,33-20?. The molecule has 0 spiro atoms. The summed E-state index contributed by atoms with van der Waals surface area (Å²) in [6.07, 6.45) is 15.7. The second kappa shape index (κ2) is 11.9. The Kier molecular flexibility index (Phi) is 9.19. The van der Waals surface area contributed by atoms with Crippen LogP contribution in [0.25, 0.3) is 22.9 Å². The van der Waals surface area contributed by atoms with Crippen molar-refractivity contribution in [1.82, 2.24) is 4.98 Å². The zero-order valence-electron chi connectivity index (χ0n) is 21.5. The van der Waals surface area contributed by atoms with E-state index in [1.807, 2.05) is 19.2 Å². The number of aromatic nitrogens is 1. The summed E-state index contributed by atoms with van der Waals surface area (Å²) >= 11 is 0. The molecule has 1 saturated carbocycles. The molecular formula is C30H39FN3P. The van der Waals surface area contributed by atoms with Gasteiger partial charge in [-0.25, -0.2) is 4.39 Å². The first-order valence-corrected chi connectivity index (χ1v) is 13.1. The number of nitrogens with two attached hydrogens (primary N) is 1. The van der Waals surface area contributed by atoms with Gasteiger partial charge in [-0.05, 0) is 74.6 Å². The topological polar surface area (TPSA) is 51.3 Å². The molecule has 1 aliphatic carbocycles. The average molecular weight is 492 g/mol. The van der Waals surface area contributed by atoms with E-state index in [1.54, 1.807) is 6.20 Å². The van der Waals surface area contributed by atoms with Crippen LogP contribution in [-0.2, 0) is 0 Å². The van der Waals surface area contributed by atoms with Gasteiger partial charge in [-0.2, -0.15) is 0 Å². The average Bonchev–Trinajstić information content (AvgIpc) is 2.83. The van der Waals surface area contributed by atoms with Crippen molar-refractivity contribution in [3.05, 3.63) is 77.1 Å². The second-order valence-corrected chi connectivity index (χ2v) is 11.1. The molecule has 1 heterocycles. The maximum absolute atomic E-state index is 14.2. The molecule has 0 radical (unpaired) electrons. The number of hydrogen-bond acceptors (Lipinski definition) is 3. The Labute approximate surface area is 212 Å². The SMILES string of the molecule is CC/C=C/C=C\c1ccc(-c2nc(C)ccc2/C(C=NCC2(C)CCC(F)(P)CC2)=C/N)cc1C. The van der Waals surface area contributed by atoms with E-state index in [-0.39, 0.29) is 5.41 Å². The molecule has 3 nitrogen and oxygen atoms in total. The highest BCUT2D eigenvalue weighted by Gasteiger charge is 2.37. The Morgan fingerprint density at radius 3 is 2.54 bits per heavy atom. The fourth-order valence-corrected chi connectivity index (χ4v) is 4.68. The molecule has 0 saturated heterocycles. The van der Waals surface area contributed by atoms with Crippen molar-refractivity contribution < 1.29 is 4.39 Å². The normalized spacial score (nSPS) is 23.7. The van der Waals surface area contributed by atoms with Crippen molar-refractivity contribution in [2.75, 3.05) is 6.54 Å². The molecule has 1 atom stereocenters. The lowest BCUT2D eigenvalue weighted by Crippen LogP contribution is -2.32. The van der Waals surface area contributed by atoms with Gasteiger partial charge in [0, 0.05) is 41.4 Å². The molecular weight excluding hydrogens is 452 g/mol. The minimum absolute atomic E-state index is 0.0174. The highest BCUT2D eigenvalue weighted by atomic mass is 31.0. The number of aryl methyl sites for hydroxylation is 2. The summed E-state index contributed by atoms with van der Waals surface area (Å²) in [5.74, 6) is 0. The van der Waals surface area contributed by atoms with E-state index in [0.717, 1.165) is 47.4 Å². The van der Waals surface area contributed by atoms with Crippen LogP contribution in [0.4, 0.5) is 4.39 Å². The van der Waals surface area contributed by atoms with Gasteiger partial charge >= 0.3 is 0 Å². The van der Waals surface area contributed by atoms with Gasteiger partial charge < -0.3 is 5.73 Å². The number of benzene rings is 1. The molecule has 0 amide bonds. The Morgan fingerprint density at radius 2 is 1.89 bits per heavy atom. The number of aliphatic imine (C=N–C) groups is 1. The third kappa shape index (κ3) is 7.45. The van der Waals surface area contributed by atoms with Crippen LogP contribution in [0.3, 0.4) is 0 Å². The zero-order valence-corrected chi connectivity index (χ0v) is 22.7. The molecule has 35 heavy (non-hydrogen) atoms. The van der Waals surface area contributed by atoms with Crippen molar-refractivity contribution >= 4 is 27.1 Å². The van der Waals surface area contributed by atoms with Gasteiger partial charge in [0.15, 0.2) is 0 Å². The fraction of sp³-hybridized carbons (Fsp3) is 0.400. The number of hydrogen-bond donors (Lipinski definition) is 1. The molecule has 2 aromatic rings. The van der Waals surface area contributed by atoms with Gasteiger partial charge in [0.25, 0.3) is 0 Å². The van der Waals surface area contributed by atoms with E-state index in [1.165, 1.54) is 11.1 Å². The summed E-state index contributed by atoms with van der Waals surface area (Å²) < 4.78 is 14.2. The summed E-state index contributed by atoms with van der Waals surface area (Å²) in [5.41, 5.74) is 13.1. The van der Waals surface area contributed by atoms with Crippen LogP contribution in [-0.4, -0.2) is 23.2 Å². The van der Waals surface area contributed by atoms with Crippen molar-refractivity contribution in [2.45, 2.75) is 65.2 Å². The number of alkyl halides is 1. The molecule has 0 bridgehead atoms. The summed E-state index contributed by atoms with van der Waals surface area (Å²) in [4.78, 5) is 9.62. The molecule has 1 aromatic heterocycles. The van der Waals surface area contributed by atoms with Gasteiger partial charge in [0.05, 0.1) is 5.69 Å². The number of allylic oxidation sites excluding steroid dienone is 4. The Morgan fingerprint density at radius 1 is 1.14 bits per heavy atom. The number of nitrogens with zero attached hydrogens (tertiary/aromatic N) is 2. The lowest BCUT2D eigenvalue weighted by molar-refractivity contribution is 0.120. The monoisotopic (exact) mass is 491 g/mol. The lowest BCUT2D eigenvalue weighted by Gasteiger charge is -2.38. The van der Waals surface area contributed by atoms with E-state index in [4.69, 9.17) is 15.7 Å². The van der Waals surface area contributed by atoms with Crippen LogP contribution in [0, 0.1) is 19.3 Å². The second-order valence-electron chi connectivity index (χ2n) is 10.1. The number of rotatable bonds is 8. The maximum atomic E-state index is 14.2. The highest BCUT2D eigenvalue weighted by Crippen LogP contribution is 2.45. The molecule has 1 aliphatic rings. The van der Waals surface area contributed by atoms with Gasteiger partial charge in [-0.1, -0.05) is 65.6 Å². The molecule has 2 N–H and O–H groups in total. The van der Waals surface area contributed by atoms with E-state index in [2.05, 4.69) is 78.6 Å². The van der Waals surface area contributed by atoms with Crippen LogP contribution >= 0.6 is 9.24 Å². The minimum Gasteiger partial charge on any atom is -0.404 e. The van der Waals surface area contributed by atoms with Crippen LogP contribution in [0.5, 0.6) is 0 Å². The van der Waals surface area contributed by atoms with Crippen molar-refractivity contribution in [3.63, 3.8) is 0 Å². The van der Waals surface area contributed by atoms with Crippen LogP contribution in [0.1, 0.15) is 68.3 Å². The van der Waals surface area contributed by atoms with Gasteiger partial charge in [0.2, 0.25) is 0 Å². The third-order valence-electron chi connectivity index (χ3n) is 6.82. The molecule has 1 fully saturated rings. The smallest absolute Gasteiger partial charge is 0.123 e. The predicted molar refractivity (Wildman–Crippen MR) is 153 cm³/mol. The van der Waals surface area contributed by atoms with Crippen LogP contribution in [0.2, 0.25) is 0 Å². The Balaban J connectivity index is 1.84. The maximum Gasteiger partial charge on any atom is 0.123 e.